The smallest absolute Gasteiger partial charge is 0.320 e. The fraction of sp³-hybridized carbons (Fsp3) is 0.750. The van der Waals surface area contributed by atoms with Crippen molar-refractivity contribution in [1.82, 2.24) is 0 Å². The molecule has 5 heteroatoms. The number of carbonyl (C=O) groups excluding carboxylic acids is 2. The Bertz CT molecular complexity index is 307. The van der Waals surface area contributed by atoms with E-state index in [1.165, 1.54) is 0 Å². The number of hydrogen-bond acceptors (Lipinski definition) is 5. The third-order valence-corrected chi connectivity index (χ3v) is 3.36. The molecule has 0 radical (unpaired) electrons. The Hall–Kier alpha value is -0.940. The molecule has 4 saturated heterocycles. The second-order valence-electron chi connectivity index (χ2n) is 3.92. The quantitative estimate of drug-likeness (QED) is 0.269. The van der Waals surface area contributed by atoms with Gasteiger partial charge in [0.05, 0.1) is 0 Å². The van der Waals surface area contributed by atoms with Gasteiger partial charge in [-0.3, -0.25) is 9.59 Å². The minimum Gasteiger partial charge on any atom is -0.393 e. The number of carbonyl (C=O) groups is 2. The van der Waals surface area contributed by atoms with Gasteiger partial charge in [0, 0.05) is 0 Å². The summed E-state index contributed by atoms with van der Waals surface area (Å²) in [6.45, 7) is 0. The number of rotatable bonds is 0. The Morgan fingerprint density at radius 1 is 0.769 bits per heavy atom. The van der Waals surface area contributed by atoms with E-state index >= 15 is 0 Å². The molecule has 2 bridgehead atoms. The Labute approximate surface area is 72.9 Å². The Morgan fingerprint density at radius 3 is 1.77 bits per heavy atom. The second kappa shape index (κ2) is 1.65. The molecule has 68 valence electrons. The van der Waals surface area contributed by atoms with Crippen LogP contribution in [0.3, 0.4) is 0 Å². The van der Waals surface area contributed by atoms with Crippen LogP contribution in [0.5, 0.6) is 0 Å². The van der Waals surface area contributed by atoms with Crippen LogP contribution in [0, 0.1) is 11.8 Å². The molecule has 6 atom stereocenters. The molecule has 5 nitrogen and oxygen atoms in total. The molecule has 13 heavy (non-hydrogen) atoms. The van der Waals surface area contributed by atoms with E-state index in [0.717, 1.165) is 0 Å². The van der Waals surface area contributed by atoms with Gasteiger partial charge in [0.15, 0.2) is 0 Å². The summed E-state index contributed by atoms with van der Waals surface area (Å²) < 4.78 is 15.3. The summed E-state index contributed by atoms with van der Waals surface area (Å²) >= 11 is 0. The monoisotopic (exact) mass is 182 g/mol. The van der Waals surface area contributed by atoms with Crippen molar-refractivity contribution in [2.24, 2.45) is 11.8 Å². The minimum absolute atomic E-state index is 0.0460. The molecule has 4 rings (SSSR count). The Kier molecular flexibility index (Phi) is 0.825. The highest BCUT2D eigenvalue weighted by molar-refractivity contribution is 5.98. The van der Waals surface area contributed by atoms with Gasteiger partial charge in [0.25, 0.3) is 0 Å². The molecule has 4 aliphatic rings. The SMILES string of the molecule is O=C1OC(=O)C2C3OC(C4OC43)C12. The summed E-state index contributed by atoms with van der Waals surface area (Å²) in [6, 6.07) is 0. The van der Waals surface area contributed by atoms with Crippen LogP contribution in [-0.2, 0) is 23.8 Å². The van der Waals surface area contributed by atoms with E-state index in [1.807, 2.05) is 0 Å². The van der Waals surface area contributed by atoms with Crippen LogP contribution in [0.1, 0.15) is 0 Å². The van der Waals surface area contributed by atoms with E-state index < -0.39 is 11.9 Å². The first kappa shape index (κ1) is 6.50. The van der Waals surface area contributed by atoms with Gasteiger partial charge < -0.3 is 14.2 Å². The average Bonchev–Trinajstić information content (AvgIpc) is 2.58. The number of esters is 2. The van der Waals surface area contributed by atoms with Crippen LogP contribution in [0.2, 0.25) is 0 Å². The predicted octanol–water partition coefficient (Wildman–Crippen LogP) is -1.15. The van der Waals surface area contributed by atoms with Crippen molar-refractivity contribution in [1.29, 1.82) is 0 Å². The lowest BCUT2D eigenvalue weighted by molar-refractivity contribution is -0.158. The summed E-state index contributed by atoms with van der Waals surface area (Å²) in [5.41, 5.74) is 0. The van der Waals surface area contributed by atoms with Crippen LogP contribution in [0.25, 0.3) is 0 Å². The lowest BCUT2D eigenvalue weighted by Crippen LogP contribution is -2.34. The van der Waals surface area contributed by atoms with Crippen LogP contribution >= 0.6 is 0 Å². The molecule has 0 aromatic rings. The van der Waals surface area contributed by atoms with E-state index in [4.69, 9.17) is 9.47 Å². The van der Waals surface area contributed by atoms with Crippen LogP contribution in [0.15, 0.2) is 0 Å². The van der Waals surface area contributed by atoms with Gasteiger partial charge in [-0.15, -0.1) is 0 Å². The first-order valence-electron chi connectivity index (χ1n) is 4.34. The molecular formula is C8H6O5. The van der Waals surface area contributed by atoms with Crippen molar-refractivity contribution in [3.8, 4) is 0 Å². The zero-order valence-corrected chi connectivity index (χ0v) is 6.51. The third kappa shape index (κ3) is 0.538. The molecule has 4 heterocycles. The lowest BCUT2D eigenvalue weighted by Gasteiger charge is -2.09. The van der Waals surface area contributed by atoms with Crippen molar-refractivity contribution < 1.29 is 23.8 Å². The van der Waals surface area contributed by atoms with Crippen LogP contribution in [-0.4, -0.2) is 36.4 Å². The van der Waals surface area contributed by atoms with E-state index in [9.17, 15) is 9.59 Å². The van der Waals surface area contributed by atoms with Crippen molar-refractivity contribution in [3.63, 3.8) is 0 Å². The maximum atomic E-state index is 11.2. The molecule has 0 saturated carbocycles. The molecular weight excluding hydrogens is 176 g/mol. The molecule has 0 aromatic carbocycles. The van der Waals surface area contributed by atoms with Gasteiger partial charge in [0.2, 0.25) is 0 Å². The van der Waals surface area contributed by atoms with Crippen molar-refractivity contribution in [2.45, 2.75) is 24.4 Å². The standard InChI is InChI=1S/C8H6O5/c9-7-1-2(8(10)13-7)4-6-5(12-6)3(1)11-4/h1-6H. The fourth-order valence-corrected chi connectivity index (χ4v) is 2.78. The summed E-state index contributed by atoms with van der Waals surface area (Å²) in [5, 5.41) is 0. The zero-order valence-electron chi connectivity index (χ0n) is 6.51. The van der Waals surface area contributed by atoms with Gasteiger partial charge in [-0.25, -0.2) is 0 Å². The normalized spacial score (nSPS) is 60.6. The fourth-order valence-electron chi connectivity index (χ4n) is 2.78. The molecule has 0 aromatic heterocycles. The minimum atomic E-state index is -0.434. The maximum absolute atomic E-state index is 11.2. The summed E-state index contributed by atoms with van der Waals surface area (Å²) in [5.74, 6) is -1.64. The van der Waals surface area contributed by atoms with Crippen molar-refractivity contribution in [2.75, 3.05) is 0 Å². The van der Waals surface area contributed by atoms with Gasteiger partial charge >= 0.3 is 11.9 Å². The van der Waals surface area contributed by atoms with E-state index in [2.05, 4.69) is 4.74 Å². The molecule has 0 spiro atoms. The van der Waals surface area contributed by atoms with Crippen molar-refractivity contribution in [3.05, 3.63) is 0 Å². The molecule has 6 unspecified atom stereocenters. The maximum Gasteiger partial charge on any atom is 0.320 e. The molecule has 0 N–H and O–H groups in total. The second-order valence-corrected chi connectivity index (χ2v) is 3.92. The van der Waals surface area contributed by atoms with Crippen LogP contribution < -0.4 is 0 Å². The van der Waals surface area contributed by atoms with E-state index in [0.29, 0.717) is 0 Å². The van der Waals surface area contributed by atoms with Crippen LogP contribution in [0.4, 0.5) is 0 Å². The number of ether oxygens (including phenoxy) is 3. The predicted molar refractivity (Wildman–Crippen MR) is 35.4 cm³/mol. The summed E-state index contributed by atoms with van der Waals surface area (Å²) in [6.07, 6.45) is -0.354. The Balaban J connectivity index is 1.84. The zero-order chi connectivity index (χ0) is 8.74. The van der Waals surface area contributed by atoms with Gasteiger partial charge in [0.1, 0.15) is 36.3 Å². The number of cyclic esters (lactones) is 2. The number of fused-ring (bicyclic) bond motifs is 8. The van der Waals surface area contributed by atoms with E-state index in [-0.39, 0.29) is 36.3 Å². The van der Waals surface area contributed by atoms with Gasteiger partial charge in [-0.2, -0.15) is 0 Å². The topological polar surface area (TPSA) is 65.1 Å². The molecule has 4 aliphatic heterocycles. The number of epoxide rings is 1. The summed E-state index contributed by atoms with van der Waals surface area (Å²) in [7, 11) is 0. The first-order valence-corrected chi connectivity index (χ1v) is 4.34. The van der Waals surface area contributed by atoms with Gasteiger partial charge in [-0.05, 0) is 0 Å². The lowest BCUT2D eigenvalue weighted by atomic mass is 9.81. The molecule has 0 aliphatic carbocycles. The van der Waals surface area contributed by atoms with E-state index in [1.54, 1.807) is 0 Å². The first-order chi connectivity index (χ1) is 6.27. The van der Waals surface area contributed by atoms with Crippen molar-refractivity contribution >= 4 is 11.9 Å². The van der Waals surface area contributed by atoms with Gasteiger partial charge in [-0.1, -0.05) is 0 Å². The Morgan fingerprint density at radius 2 is 1.23 bits per heavy atom. The molecule has 4 fully saturated rings. The average molecular weight is 182 g/mol. The highest BCUT2D eigenvalue weighted by Gasteiger charge is 2.75. The largest absolute Gasteiger partial charge is 0.393 e. The number of hydrogen-bond donors (Lipinski definition) is 0. The highest BCUT2D eigenvalue weighted by Crippen LogP contribution is 2.56. The molecule has 0 amide bonds. The highest BCUT2D eigenvalue weighted by atomic mass is 16.7. The third-order valence-electron chi connectivity index (χ3n) is 3.36. The summed E-state index contributed by atoms with van der Waals surface area (Å²) in [4.78, 5) is 22.5.